The molecule has 1 aromatic heterocycles. The van der Waals surface area contributed by atoms with Gasteiger partial charge in [0.25, 0.3) is 5.91 Å². The van der Waals surface area contributed by atoms with E-state index >= 15 is 0 Å². The molecule has 23 heavy (non-hydrogen) atoms. The van der Waals surface area contributed by atoms with E-state index < -0.39 is 10.0 Å². The van der Waals surface area contributed by atoms with Gasteiger partial charge in [-0.3, -0.25) is 4.79 Å². The molecule has 1 fully saturated rings. The first-order valence-electron chi connectivity index (χ1n) is 7.21. The number of benzene rings is 1. The van der Waals surface area contributed by atoms with E-state index in [1.165, 1.54) is 28.6 Å². The van der Waals surface area contributed by atoms with Gasteiger partial charge in [-0.1, -0.05) is 5.16 Å². The lowest BCUT2D eigenvalue weighted by molar-refractivity contribution is 0.102. The molecule has 0 unspecified atom stereocenters. The molecule has 2 aromatic rings. The fourth-order valence-corrected chi connectivity index (χ4v) is 3.61. The van der Waals surface area contributed by atoms with Crippen molar-refractivity contribution in [3.05, 3.63) is 41.7 Å². The molecule has 1 aromatic carbocycles. The Balaban J connectivity index is 1.75. The van der Waals surface area contributed by atoms with Crippen molar-refractivity contribution in [1.82, 2.24) is 9.46 Å². The third-order valence-corrected chi connectivity index (χ3v) is 5.65. The second kappa shape index (κ2) is 5.78. The van der Waals surface area contributed by atoms with E-state index in [1.807, 2.05) is 0 Å². The number of carbonyl (C=O) groups is 1. The summed E-state index contributed by atoms with van der Waals surface area (Å²) in [4.78, 5) is 12.3. The van der Waals surface area contributed by atoms with Crippen LogP contribution < -0.4 is 5.32 Å². The number of hydrogen-bond donors (Lipinski definition) is 1. The predicted molar refractivity (Wildman–Crippen MR) is 83.6 cm³/mol. The number of carbonyl (C=O) groups excluding carboxylic acids is 1. The fourth-order valence-electron chi connectivity index (χ4n) is 2.19. The van der Waals surface area contributed by atoms with Crippen LogP contribution in [0.1, 0.15) is 29.0 Å². The third kappa shape index (κ3) is 3.27. The summed E-state index contributed by atoms with van der Waals surface area (Å²) in [6, 6.07) is 7.54. The molecule has 1 aliphatic carbocycles. The van der Waals surface area contributed by atoms with E-state index in [9.17, 15) is 13.2 Å². The van der Waals surface area contributed by atoms with Crippen LogP contribution in [0.3, 0.4) is 0 Å². The van der Waals surface area contributed by atoms with Crippen LogP contribution in [0, 0.1) is 6.92 Å². The molecule has 0 spiro atoms. The van der Waals surface area contributed by atoms with Gasteiger partial charge in [0.05, 0.1) is 4.90 Å². The number of aryl methyl sites for hydroxylation is 1. The second-order valence-corrected chi connectivity index (χ2v) is 7.55. The van der Waals surface area contributed by atoms with Gasteiger partial charge in [0.2, 0.25) is 10.0 Å². The Labute approximate surface area is 134 Å². The summed E-state index contributed by atoms with van der Waals surface area (Å²) in [5.41, 5.74) is 0.346. The number of rotatable bonds is 5. The van der Waals surface area contributed by atoms with E-state index in [1.54, 1.807) is 20.0 Å². The highest BCUT2D eigenvalue weighted by molar-refractivity contribution is 7.89. The van der Waals surface area contributed by atoms with Gasteiger partial charge in [0, 0.05) is 24.7 Å². The molecule has 0 saturated heterocycles. The van der Waals surface area contributed by atoms with E-state index in [0.717, 1.165) is 12.8 Å². The minimum absolute atomic E-state index is 0.0957. The molecule has 0 bridgehead atoms. The van der Waals surface area contributed by atoms with Gasteiger partial charge in [-0.05, 0) is 44.0 Å². The zero-order valence-electron chi connectivity index (χ0n) is 12.8. The summed E-state index contributed by atoms with van der Waals surface area (Å²) < 4.78 is 31.0. The highest BCUT2D eigenvalue weighted by Gasteiger charge is 2.34. The van der Waals surface area contributed by atoms with E-state index in [2.05, 4.69) is 10.5 Å². The lowest BCUT2D eigenvalue weighted by Gasteiger charge is -2.16. The number of nitrogens with one attached hydrogen (secondary N) is 1. The van der Waals surface area contributed by atoms with Gasteiger partial charge in [-0.25, -0.2) is 8.42 Å². The molecule has 1 saturated carbocycles. The first-order chi connectivity index (χ1) is 10.9. The van der Waals surface area contributed by atoms with E-state index in [-0.39, 0.29) is 16.8 Å². The average molecular weight is 335 g/mol. The molecular formula is C15H17N3O4S. The number of aromatic nitrogens is 1. The van der Waals surface area contributed by atoms with Gasteiger partial charge in [-0.15, -0.1) is 0 Å². The van der Waals surface area contributed by atoms with Crippen LogP contribution in [-0.2, 0) is 10.0 Å². The molecule has 1 amide bonds. The van der Waals surface area contributed by atoms with E-state index in [0.29, 0.717) is 17.1 Å². The molecule has 0 atom stereocenters. The molecule has 8 heteroatoms. The molecule has 7 nitrogen and oxygen atoms in total. The maximum absolute atomic E-state index is 12.4. The normalized spacial score (nSPS) is 14.9. The summed E-state index contributed by atoms with van der Waals surface area (Å²) in [7, 11) is -1.92. The lowest BCUT2D eigenvalue weighted by Crippen LogP contribution is -2.29. The van der Waals surface area contributed by atoms with Crippen LogP contribution in [0.25, 0.3) is 0 Å². The maximum atomic E-state index is 12.4. The highest BCUT2D eigenvalue weighted by atomic mass is 32.2. The summed E-state index contributed by atoms with van der Waals surface area (Å²) in [6.45, 7) is 1.72. The Kier molecular flexibility index (Phi) is 3.95. The van der Waals surface area contributed by atoms with Gasteiger partial charge >= 0.3 is 0 Å². The third-order valence-electron chi connectivity index (χ3n) is 3.72. The van der Waals surface area contributed by atoms with Crippen molar-refractivity contribution in [2.75, 3.05) is 12.4 Å². The monoisotopic (exact) mass is 335 g/mol. The fraction of sp³-hybridized carbons (Fsp3) is 0.333. The molecule has 0 aliphatic heterocycles. The van der Waals surface area contributed by atoms with Crippen LogP contribution >= 0.6 is 0 Å². The Morgan fingerprint density at radius 1 is 1.30 bits per heavy atom. The van der Waals surface area contributed by atoms with Crippen molar-refractivity contribution in [2.45, 2.75) is 30.7 Å². The standard InChI is InChI=1S/C15H17N3O4S/c1-10-9-14(17-22-10)16-15(19)11-3-7-13(8-4-11)23(20,21)18(2)12-5-6-12/h3-4,7-9,12H,5-6H2,1-2H3,(H,16,17,19). The molecule has 1 N–H and O–H groups in total. The summed E-state index contributed by atoms with van der Waals surface area (Å²) in [6.07, 6.45) is 1.79. The highest BCUT2D eigenvalue weighted by Crippen LogP contribution is 2.30. The van der Waals surface area contributed by atoms with Crippen molar-refractivity contribution in [1.29, 1.82) is 0 Å². The number of sulfonamides is 1. The molecule has 1 heterocycles. The molecular weight excluding hydrogens is 318 g/mol. The first-order valence-corrected chi connectivity index (χ1v) is 8.65. The zero-order valence-corrected chi connectivity index (χ0v) is 13.6. The summed E-state index contributed by atoms with van der Waals surface area (Å²) >= 11 is 0. The number of amides is 1. The Hall–Kier alpha value is -2.19. The van der Waals surface area contributed by atoms with E-state index in [4.69, 9.17) is 4.52 Å². The van der Waals surface area contributed by atoms with Crippen molar-refractivity contribution < 1.29 is 17.7 Å². The summed E-state index contributed by atoms with van der Waals surface area (Å²) in [5.74, 6) is 0.528. The van der Waals surface area contributed by atoms with Crippen molar-refractivity contribution in [3.63, 3.8) is 0 Å². The van der Waals surface area contributed by atoms with Crippen LogP contribution in [0.2, 0.25) is 0 Å². The minimum Gasteiger partial charge on any atom is -0.360 e. The lowest BCUT2D eigenvalue weighted by atomic mass is 10.2. The largest absolute Gasteiger partial charge is 0.360 e. The number of nitrogens with zero attached hydrogens (tertiary/aromatic N) is 2. The topological polar surface area (TPSA) is 92.5 Å². The van der Waals surface area contributed by atoms with Gasteiger partial charge < -0.3 is 9.84 Å². The molecule has 3 rings (SSSR count). The van der Waals surface area contributed by atoms with Crippen molar-refractivity contribution in [2.24, 2.45) is 0 Å². The van der Waals surface area contributed by atoms with Crippen molar-refractivity contribution >= 4 is 21.7 Å². The van der Waals surface area contributed by atoms with Crippen LogP contribution in [-0.4, -0.2) is 36.9 Å². The predicted octanol–water partition coefficient (Wildman–Crippen LogP) is 2.02. The zero-order chi connectivity index (χ0) is 16.6. The Morgan fingerprint density at radius 3 is 2.48 bits per heavy atom. The molecule has 122 valence electrons. The van der Waals surface area contributed by atoms with Crippen LogP contribution in [0.15, 0.2) is 39.8 Å². The number of hydrogen-bond acceptors (Lipinski definition) is 5. The SMILES string of the molecule is Cc1cc(NC(=O)c2ccc(S(=O)(=O)N(C)C3CC3)cc2)no1. The van der Waals surface area contributed by atoms with Crippen LogP contribution in [0.4, 0.5) is 5.82 Å². The molecule has 1 aliphatic rings. The maximum Gasteiger partial charge on any atom is 0.256 e. The Morgan fingerprint density at radius 2 is 1.96 bits per heavy atom. The molecule has 0 radical (unpaired) electrons. The van der Waals surface area contributed by atoms with Gasteiger partial charge in [0.15, 0.2) is 5.82 Å². The second-order valence-electron chi connectivity index (χ2n) is 5.55. The van der Waals surface area contributed by atoms with Crippen molar-refractivity contribution in [3.8, 4) is 0 Å². The minimum atomic E-state index is -3.50. The number of anilines is 1. The quantitative estimate of drug-likeness (QED) is 0.902. The smallest absolute Gasteiger partial charge is 0.256 e. The van der Waals surface area contributed by atoms with Gasteiger partial charge in [0.1, 0.15) is 5.76 Å². The summed E-state index contributed by atoms with van der Waals surface area (Å²) in [5, 5.41) is 6.26. The average Bonchev–Trinajstić information content (AvgIpc) is 3.30. The first kappa shape index (κ1) is 15.7. The van der Waals surface area contributed by atoms with Crippen LogP contribution in [0.5, 0.6) is 0 Å². The van der Waals surface area contributed by atoms with Gasteiger partial charge in [-0.2, -0.15) is 4.31 Å². The Bertz CT molecular complexity index is 823.